The fraction of sp³-hybridized carbons (Fsp3) is 0.118. The van der Waals surface area contributed by atoms with Crippen LogP contribution in [-0.2, 0) is 6.42 Å². The fourth-order valence-corrected chi connectivity index (χ4v) is 4.17. The van der Waals surface area contributed by atoms with E-state index in [1.807, 2.05) is 12.1 Å². The predicted molar refractivity (Wildman–Crippen MR) is 100.0 cm³/mol. The number of methoxy groups -OCH3 is 1. The molecule has 0 unspecified atom stereocenters. The molecule has 1 aliphatic carbocycles. The number of aromatic nitrogens is 1. The van der Waals surface area contributed by atoms with Crippen molar-refractivity contribution < 1.29 is 4.74 Å². The second-order valence-electron chi connectivity index (χ2n) is 5.16. The van der Waals surface area contributed by atoms with Gasteiger partial charge in [-0.15, -0.1) is 11.3 Å². The van der Waals surface area contributed by atoms with Gasteiger partial charge in [0.15, 0.2) is 5.13 Å². The molecule has 0 aliphatic heterocycles. The van der Waals surface area contributed by atoms with Gasteiger partial charge in [-0.1, -0.05) is 30.3 Å². The van der Waals surface area contributed by atoms with Crippen LogP contribution in [0.25, 0.3) is 22.4 Å². The molecule has 0 spiro atoms. The van der Waals surface area contributed by atoms with Gasteiger partial charge in [-0.25, -0.2) is 4.98 Å². The van der Waals surface area contributed by atoms with E-state index in [2.05, 4.69) is 61.7 Å². The standard InChI is InChI=1S/C17H13IN2OS/c1-21-13-5-2-10(3-6-13)11-4-7-14-12(8-11)9-15-16(14)19-17(20-18)22-15/h2-8H,9H2,1H3,(H,19,20). The van der Waals surface area contributed by atoms with Crippen molar-refractivity contribution in [2.75, 3.05) is 10.6 Å². The molecule has 1 N–H and O–H groups in total. The summed E-state index contributed by atoms with van der Waals surface area (Å²) >= 11 is 3.87. The van der Waals surface area contributed by atoms with Gasteiger partial charge in [0.05, 0.1) is 35.7 Å². The maximum Gasteiger partial charge on any atom is 0.192 e. The molecule has 2 aromatic carbocycles. The average Bonchev–Trinajstić information content (AvgIpc) is 3.11. The zero-order chi connectivity index (χ0) is 15.1. The van der Waals surface area contributed by atoms with Crippen molar-refractivity contribution >= 4 is 39.3 Å². The summed E-state index contributed by atoms with van der Waals surface area (Å²) in [5, 5.41) is 0.982. The zero-order valence-corrected chi connectivity index (χ0v) is 14.9. The average molecular weight is 420 g/mol. The van der Waals surface area contributed by atoms with E-state index in [0.717, 1.165) is 23.0 Å². The largest absolute Gasteiger partial charge is 0.497 e. The summed E-state index contributed by atoms with van der Waals surface area (Å²) in [5.41, 5.74) is 6.22. The van der Waals surface area contributed by atoms with Crippen molar-refractivity contribution in [3.63, 3.8) is 0 Å². The molecule has 0 radical (unpaired) electrons. The maximum absolute atomic E-state index is 5.22. The molecule has 0 fully saturated rings. The highest BCUT2D eigenvalue weighted by Crippen LogP contribution is 2.42. The van der Waals surface area contributed by atoms with Crippen LogP contribution >= 0.6 is 34.2 Å². The minimum absolute atomic E-state index is 0.884. The number of nitrogens with zero attached hydrogens (tertiary/aromatic N) is 1. The molecule has 0 saturated carbocycles. The van der Waals surface area contributed by atoms with Crippen LogP contribution in [0.2, 0.25) is 0 Å². The number of benzene rings is 2. The van der Waals surface area contributed by atoms with Crippen LogP contribution in [-0.4, -0.2) is 12.1 Å². The Morgan fingerprint density at radius 2 is 1.91 bits per heavy atom. The van der Waals surface area contributed by atoms with E-state index in [0.29, 0.717) is 0 Å². The van der Waals surface area contributed by atoms with Crippen molar-refractivity contribution in [2.24, 2.45) is 0 Å². The summed E-state index contributed by atoms with van der Waals surface area (Å²) in [6.45, 7) is 0. The van der Waals surface area contributed by atoms with Crippen molar-refractivity contribution in [1.82, 2.24) is 4.98 Å². The molecule has 5 heteroatoms. The van der Waals surface area contributed by atoms with E-state index in [9.17, 15) is 0 Å². The van der Waals surface area contributed by atoms with E-state index in [-0.39, 0.29) is 0 Å². The highest BCUT2D eigenvalue weighted by atomic mass is 127. The van der Waals surface area contributed by atoms with Gasteiger partial charge in [-0.3, -0.25) is 0 Å². The van der Waals surface area contributed by atoms with E-state index >= 15 is 0 Å². The van der Waals surface area contributed by atoms with Crippen LogP contribution < -0.4 is 8.27 Å². The highest BCUT2D eigenvalue weighted by molar-refractivity contribution is 14.1. The first kappa shape index (κ1) is 14.0. The molecule has 1 aliphatic rings. The summed E-state index contributed by atoms with van der Waals surface area (Å²) in [6, 6.07) is 14.8. The topological polar surface area (TPSA) is 34.1 Å². The quantitative estimate of drug-likeness (QED) is 0.368. The lowest BCUT2D eigenvalue weighted by atomic mass is 10.00. The summed E-state index contributed by atoms with van der Waals surface area (Å²) in [6.07, 6.45) is 0.977. The van der Waals surface area contributed by atoms with E-state index in [1.165, 1.54) is 27.1 Å². The number of nitrogens with one attached hydrogen (secondary N) is 1. The molecule has 110 valence electrons. The lowest BCUT2D eigenvalue weighted by molar-refractivity contribution is 0.415. The Bertz CT molecular complexity index is 842. The zero-order valence-electron chi connectivity index (χ0n) is 11.9. The van der Waals surface area contributed by atoms with Crippen LogP contribution in [0.15, 0.2) is 42.5 Å². The Morgan fingerprint density at radius 3 is 2.64 bits per heavy atom. The number of ether oxygens (including phenoxy) is 1. The Kier molecular flexibility index (Phi) is 3.54. The van der Waals surface area contributed by atoms with Crippen LogP contribution in [0.1, 0.15) is 10.4 Å². The minimum Gasteiger partial charge on any atom is -0.497 e. The third-order valence-electron chi connectivity index (χ3n) is 3.91. The Morgan fingerprint density at radius 1 is 1.14 bits per heavy atom. The van der Waals surface area contributed by atoms with Gasteiger partial charge < -0.3 is 8.27 Å². The Balaban J connectivity index is 1.71. The molecule has 3 aromatic rings. The summed E-state index contributed by atoms with van der Waals surface area (Å²) < 4.78 is 8.32. The molecular weight excluding hydrogens is 407 g/mol. The SMILES string of the molecule is COc1ccc(-c2ccc3c(c2)Cc2sc(NI)nc2-3)cc1. The molecule has 0 bridgehead atoms. The first-order chi connectivity index (χ1) is 10.8. The normalized spacial score (nSPS) is 11.9. The van der Waals surface area contributed by atoms with Gasteiger partial charge in [0.1, 0.15) is 5.75 Å². The lowest BCUT2D eigenvalue weighted by Crippen LogP contribution is -1.86. The van der Waals surface area contributed by atoms with Crippen molar-refractivity contribution in [3.05, 3.63) is 52.9 Å². The molecule has 1 heterocycles. The Labute approximate surface area is 146 Å². The fourth-order valence-electron chi connectivity index (χ4n) is 2.83. The van der Waals surface area contributed by atoms with E-state index in [1.54, 1.807) is 18.4 Å². The number of halogens is 1. The van der Waals surface area contributed by atoms with Crippen LogP contribution in [0.3, 0.4) is 0 Å². The lowest BCUT2D eigenvalue weighted by Gasteiger charge is -2.07. The third kappa shape index (κ3) is 2.28. The first-order valence-corrected chi connectivity index (χ1v) is 8.82. The molecule has 0 amide bonds. The number of fused-ring (bicyclic) bond motifs is 3. The molecule has 4 rings (SSSR count). The highest BCUT2D eigenvalue weighted by Gasteiger charge is 2.23. The molecule has 1 aromatic heterocycles. The second kappa shape index (κ2) is 5.55. The van der Waals surface area contributed by atoms with Crippen LogP contribution in [0.4, 0.5) is 5.13 Å². The second-order valence-corrected chi connectivity index (χ2v) is 6.79. The summed E-state index contributed by atoms with van der Waals surface area (Å²) in [4.78, 5) is 6.01. The van der Waals surface area contributed by atoms with Gasteiger partial charge in [0.25, 0.3) is 0 Å². The molecule has 0 atom stereocenters. The van der Waals surface area contributed by atoms with Gasteiger partial charge >= 0.3 is 0 Å². The first-order valence-electron chi connectivity index (χ1n) is 6.92. The number of hydrogen-bond donors (Lipinski definition) is 1. The van der Waals surface area contributed by atoms with Gasteiger partial charge in [0, 0.05) is 16.9 Å². The van der Waals surface area contributed by atoms with Gasteiger partial charge in [-0.05, 0) is 28.8 Å². The predicted octanol–water partition coefficient (Wildman–Crippen LogP) is 5.15. The minimum atomic E-state index is 0.884. The van der Waals surface area contributed by atoms with E-state index in [4.69, 9.17) is 4.74 Å². The third-order valence-corrected chi connectivity index (χ3v) is 5.76. The molecule has 0 saturated heterocycles. The van der Waals surface area contributed by atoms with E-state index < -0.39 is 0 Å². The van der Waals surface area contributed by atoms with Crippen molar-refractivity contribution in [2.45, 2.75) is 6.42 Å². The number of anilines is 1. The Hall–Kier alpha value is -1.60. The molecule has 22 heavy (non-hydrogen) atoms. The van der Waals surface area contributed by atoms with Crippen LogP contribution in [0, 0.1) is 0 Å². The van der Waals surface area contributed by atoms with Gasteiger partial charge in [0.2, 0.25) is 0 Å². The van der Waals surface area contributed by atoms with Gasteiger partial charge in [-0.2, -0.15) is 0 Å². The maximum atomic E-state index is 5.22. The number of thiazole rings is 1. The summed E-state index contributed by atoms with van der Waals surface area (Å²) in [5.74, 6) is 0.884. The van der Waals surface area contributed by atoms with Crippen molar-refractivity contribution in [3.8, 4) is 28.1 Å². The smallest absolute Gasteiger partial charge is 0.192 e. The molecular formula is C17H13IN2OS. The number of rotatable bonds is 3. The monoisotopic (exact) mass is 420 g/mol. The van der Waals surface area contributed by atoms with Crippen LogP contribution in [0.5, 0.6) is 5.75 Å². The number of hydrogen-bond acceptors (Lipinski definition) is 4. The summed E-state index contributed by atoms with van der Waals surface area (Å²) in [7, 11) is 1.69. The van der Waals surface area contributed by atoms with Crippen molar-refractivity contribution in [1.29, 1.82) is 0 Å². The molecule has 3 nitrogen and oxygen atoms in total.